The Morgan fingerprint density at radius 1 is 1.32 bits per heavy atom. The Kier molecular flexibility index (Phi) is 2.49. The van der Waals surface area contributed by atoms with Crippen LogP contribution in [0.4, 0.5) is 0 Å². The number of hydrogen-bond acceptors (Lipinski definition) is 1. The lowest BCUT2D eigenvalue weighted by Gasteiger charge is -2.38. The molecular formula is C16H19NO2. The number of rotatable bonds is 2. The Labute approximate surface area is 112 Å². The molecule has 0 spiro atoms. The summed E-state index contributed by atoms with van der Waals surface area (Å²) in [5, 5.41) is 10.7. The van der Waals surface area contributed by atoms with Crippen LogP contribution in [0, 0.1) is 13.8 Å². The molecule has 1 N–H and O–H groups in total. The molecule has 3 nitrogen and oxygen atoms in total. The van der Waals surface area contributed by atoms with Gasteiger partial charge in [0.1, 0.15) is 0 Å². The highest BCUT2D eigenvalue weighted by atomic mass is 16.4. The van der Waals surface area contributed by atoms with E-state index in [1.807, 2.05) is 6.07 Å². The number of carboxylic acid groups (broad SMARTS) is 1. The van der Waals surface area contributed by atoms with Gasteiger partial charge in [0, 0.05) is 23.6 Å². The van der Waals surface area contributed by atoms with Crippen molar-refractivity contribution in [2.24, 2.45) is 7.05 Å². The molecule has 3 rings (SSSR count). The van der Waals surface area contributed by atoms with Crippen molar-refractivity contribution in [2.45, 2.75) is 38.5 Å². The quantitative estimate of drug-likeness (QED) is 0.897. The molecule has 0 radical (unpaired) electrons. The fourth-order valence-electron chi connectivity index (χ4n) is 3.21. The van der Waals surface area contributed by atoms with Crippen LogP contribution in [-0.2, 0) is 17.3 Å². The van der Waals surface area contributed by atoms with Crippen molar-refractivity contribution in [1.82, 2.24) is 4.57 Å². The van der Waals surface area contributed by atoms with E-state index in [2.05, 4.69) is 37.6 Å². The van der Waals surface area contributed by atoms with E-state index in [1.54, 1.807) is 0 Å². The average molecular weight is 257 g/mol. The van der Waals surface area contributed by atoms with Gasteiger partial charge in [0.2, 0.25) is 0 Å². The van der Waals surface area contributed by atoms with Crippen molar-refractivity contribution in [3.05, 3.63) is 35.0 Å². The zero-order valence-electron chi connectivity index (χ0n) is 11.7. The van der Waals surface area contributed by atoms with Gasteiger partial charge in [-0.3, -0.25) is 4.79 Å². The smallest absolute Gasteiger partial charge is 0.314 e. The number of benzene rings is 1. The van der Waals surface area contributed by atoms with Gasteiger partial charge in [0.25, 0.3) is 0 Å². The zero-order valence-corrected chi connectivity index (χ0v) is 11.7. The molecule has 19 heavy (non-hydrogen) atoms. The number of hydrogen-bond donors (Lipinski definition) is 1. The first-order valence-corrected chi connectivity index (χ1v) is 6.77. The number of carbonyl (C=O) groups is 1. The van der Waals surface area contributed by atoms with Crippen molar-refractivity contribution in [3.8, 4) is 0 Å². The second kappa shape index (κ2) is 3.86. The van der Waals surface area contributed by atoms with Crippen LogP contribution in [0.15, 0.2) is 18.2 Å². The number of nitrogens with zero attached hydrogens (tertiary/aromatic N) is 1. The summed E-state index contributed by atoms with van der Waals surface area (Å²) >= 11 is 0. The summed E-state index contributed by atoms with van der Waals surface area (Å²) in [6.07, 6.45) is 2.54. The molecule has 0 atom stereocenters. The van der Waals surface area contributed by atoms with Gasteiger partial charge in [0.15, 0.2) is 0 Å². The van der Waals surface area contributed by atoms with Gasteiger partial charge in [-0.1, -0.05) is 12.5 Å². The van der Waals surface area contributed by atoms with Gasteiger partial charge in [-0.25, -0.2) is 0 Å². The Bertz CT molecular complexity index is 678. The monoisotopic (exact) mass is 257 g/mol. The fourth-order valence-corrected chi connectivity index (χ4v) is 3.21. The highest BCUT2D eigenvalue weighted by Gasteiger charge is 2.46. The van der Waals surface area contributed by atoms with Gasteiger partial charge in [-0.05, 0) is 49.9 Å². The molecule has 0 aliphatic heterocycles. The zero-order chi connectivity index (χ0) is 13.8. The highest BCUT2D eigenvalue weighted by Crippen LogP contribution is 2.45. The minimum Gasteiger partial charge on any atom is -0.481 e. The third kappa shape index (κ3) is 1.47. The second-order valence-electron chi connectivity index (χ2n) is 5.74. The molecule has 1 fully saturated rings. The molecule has 0 unspecified atom stereocenters. The Balaban J connectivity index is 2.22. The molecule has 1 heterocycles. The summed E-state index contributed by atoms with van der Waals surface area (Å²) < 4.78 is 2.17. The van der Waals surface area contributed by atoms with E-state index in [0.29, 0.717) is 0 Å². The summed E-state index contributed by atoms with van der Waals surface area (Å²) in [5.74, 6) is -0.677. The van der Waals surface area contributed by atoms with Crippen LogP contribution in [0.3, 0.4) is 0 Å². The number of fused-ring (bicyclic) bond motifs is 1. The summed E-state index contributed by atoms with van der Waals surface area (Å²) in [6, 6.07) is 6.15. The molecule has 1 aromatic heterocycles. The third-order valence-corrected chi connectivity index (χ3v) is 4.98. The lowest BCUT2D eigenvalue weighted by Crippen LogP contribution is -2.42. The topological polar surface area (TPSA) is 42.2 Å². The first-order chi connectivity index (χ1) is 8.97. The van der Waals surface area contributed by atoms with Crippen LogP contribution in [0.1, 0.15) is 36.1 Å². The van der Waals surface area contributed by atoms with E-state index in [0.717, 1.165) is 24.8 Å². The van der Waals surface area contributed by atoms with E-state index in [4.69, 9.17) is 0 Å². The minimum absolute atomic E-state index is 0.635. The molecule has 100 valence electrons. The van der Waals surface area contributed by atoms with Gasteiger partial charge in [-0.2, -0.15) is 0 Å². The van der Waals surface area contributed by atoms with Gasteiger partial charge in [-0.15, -0.1) is 0 Å². The largest absolute Gasteiger partial charge is 0.481 e. The lowest BCUT2D eigenvalue weighted by molar-refractivity contribution is -0.147. The highest BCUT2D eigenvalue weighted by molar-refractivity contribution is 5.89. The standard InChI is InChI=1S/C16H19NO2/c1-10-11(2)17(3)14-6-5-12(9-13(10)14)16(15(18)19)7-4-8-16/h5-6,9H,4,7-8H2,1-3H3,(H,18,19). The molecule has 1 aliphatic rings. The number of carboxylic acids is 1. The molecule has 2 aromatic rings. The average Bonchev–Trinajstić information content (AvgIpc) is 2.53. The summed E-state index contributed by atoms with van der Waals surface area (Å²) in [4.78, 5) is 11.6. The molecule has 0 amide bonds. The third-order valence-electron chi connectivity index (χ3n) is 4.98. The van der Waals surface area contributed by atoms with Crippen molar-refractivity contribution >= 4 is 16.9 Å². The van der Waals surface area contributed by atoms with E-state index >= 15 is 0 Å². The van der Waals surface area contributed by atoms with E-state index in [1.165, 1.54) is 22.2 Å². The molecular weight excluding hydrogens is 238 g/mol. The summed E-state index contributed by atoms with van der Waals surface area (Å²) in [6.45, 7) is 4.21. The molecule has 1 aromatic carbocycles. The Morgan fingerprint density at radius 3 is 2.53 bits per heavy atom. The van der Waals surface area contributed by atoms with E-state index in [-0.39, 0.29) is 0 Å². The summed E-state index contributed by atoms with van der Waals surface area (Å²) in [5.41, 5.74) is 4.00. The molecule has 0 bridgehead atoms. The second-order valence-corrected chi connectivity index (χ2v) is 5.74. The Morgan fingerprint density at radius 2 is 2.00 bits per heavy atom. The number of aryl methyl sites for hydroxylation is 2. The molecule has 3 heteroatoms. The SMILES string of the molecule is Cc1c(C)n(C)c2ccc(C3(C(=O)O)CCC3)cc12. The van der Waals surface area contributed by atoms with Crippen LogP contribution in [-0.4, -0.2) is 15.6 Å². The first-order valence-electron chi connectivity index (χ1n) is 6.77. The predicted molar refractivity (Wildman–Crippen MR) is 75.6 cm³/mol. The van der Waals surface area contributed by atoms with Crippen LogP contribution in [0.5, 0.6) is 0 Å². The van der Waals surface area contributed by atoms with Crippen LogP contribution >= 0.6 is 0 Å². The van der Waals surface area contributed by atoms with E-state index < -0.39 is 11.4 Å². The minimum atomic E-state index is -0.677. The van der Waals surface area contributed by atoms with Gasteiger partial charge >= 0.3 is 5.97 Å². The maximum absolute atomic E-state index is 11.6. The summed E-state index contributed by atoms with van der Waals surface area (Å²) in [7, 11) is 2.06. The number of aliphatic carboxylic acids is 1. The van der Waals surface area contributed by atoms with Crippen molar-refractivity contribution in [2.75, 3.05) is 0 Å². The maximum atomic E-state index is 11.6. The molecule has 1 aliphatic carbocycles. The molecule has 1 saturated carbocycles. The predicted octanol–water partition coefficient (Wildman–Crippen LogP) is 3.30. The number of aromatic nitrogens is 1. The van der Waals surface area contributed by atoms with Crippen molar-refractivity contribution < 1.29 is 9.90 Å². The van der Waals surface area contributed by atoms with Crippen LogP contribution in [0.2, 0.25) is 0 Å². The Hall–Kier alpha value is -1.77. The lowest BCUT2D eigenvalue weighted by atomic mass is 9.64. The van der Waals surface area contributed by atoms with E-state index in [9.17, 15) is 9.90 Å². The van der Waals surface area contributed by atoms with Crippen molar-refractivity contribution in [3.63, 3.8) is 0 Å². The first kappa shape index (κ1) is 12.3. The maximum Gasteiger partial charge on any atom is 0.314 e. The van der Waals surface area contributed by atoms with Crippen molar-refractivity contribution in [1.29, 1.82) is 0 Å². The normalized spacial score (nSPS) is 17.4. The van der Waals surface area contributed by atoms with Crippen LogP contribution < -0.4 is 0 Å². The fraction of sp³-hybridized carbons (Fsp3) is 0.438. The van der Waals surface area contributed by atoms with Crippen LogP contribution in [0.25, 0.3) is 10.9 Å². The molecule has 0 saturated heterocycles. The van der Waals surface area contributed by atoms with Gasteiger partial charge < -0.3 is 9.67 Å². The van der Waals surface area contributed by atoms with Gasteiger partial charge in [0.05, 0.1) is 5.41 Å².